The van der Waals surface area contributed by atoms with Gasteiger partial charge in [0.1, 0.15) is 17.1 Å². The molecule has 2 aromatic heterocycles. The molecule has 0 saturated carbocycles. The summed E-state index contributed by atoms with van der Waals surface area (Å²) in [6.45, 7) is 7.62. The van der Waals surface area contributed by atoms with Crippen LogP contribution in [0.15, 0.2) is 35.0 Å². The van der Waals surface area contributed by atoms with Crippen molar-refractivity contribution >= 4 is 5.91 Å². The average molecular weight is 368 g/mol. The fourth-order valence-corrected chi connectivity index (χ4v) is 3.13. The normalized spacial score (nSPS) is 12.0. The van der Waals surface area contributed by atoms with Gasteiger partial charge < -0.3 is 14.6 Å². The van der Waals surface area contributed by atoms with Crippen molar-refractivity contribution in [1.29, 1.82) is 0 Å². The molecular weight excluding hydrogens is 344 g/mol. The molecule has 0 aliphatic heterocycles. The van der Waals surface area contributed by atoms with E-state index in [2.05, 4.69) is 15.6 Å². The van der Waals surface area contributed by atoms with E-state index in [1.807, 2.05) is 49.7 Å². The first-order valence-corrected chi connectivity index (χ1v) is 8.91. The lowest BCUT2D eigenvalue weighted by atomic mass is 10.1. The number of nitrogens with one attached hydrogen (secondary N) is 1. The highest BCUT2D eigenvalue weighted by Gasteiger charge is 2.22. The number of hydrogen-bond donors (Lipinski definition) is 1. The minimum Gasteiger partial charge on any atom is -0.497 e. The zero-order valence-corrected chi connectivity index (χ0v) is 16.2. The van der Waals surface area contributed by atoms with Gasteiger partial charge in [-0.15, -0.1) is 0 Å². The largest absolute Gasteiger partial charge is 0.497 e. The Morgan fingerprint density at radius 2 is 2.00 bits per heavy atom. The summed E-state index contributed by atoms with van der Waals surface area (Å²) in [6.07, 6.45) is 2.43. The Hall–Kier alpha value is -3.09. The molecule has 0 aliphatic carbocycles. The molecule has 0 bridgehead atoms. The molecule has 142 valence electrons. The van der Waals surface area contributed by atoms with Crippen LogP contribution in [-0.4, -0.2) is 28.0 Å². The maximum absolute atomic E-state index is 12.7. The first kappa shape index (κ1) is 18.7. The van der Waals surface area contributed by atoms with Gasteiger partial charge in [-0.3, -0.25) is 4.79 Å². The number of methoxy groups -OCH3 is 1. The minimum absolute atomic E-state index is 0.185. The van der Waals surface area contributed by atoms with Gasteiger partial charge in [0.25, 0.3) is 5.91 Å². The van der Waals surface area contributed by atoms with Crippen molar-refractivity contribution in [2.45, 2.75) is 40.2 Å². The van der Waals surface area contributed by atoms with Crippen LogP contribution in [0.3, 0.4) is 0 Å². The third-order valence-corrected chi connectivity index (χ3v) is 4.67. The maximum Gasteiger partial charge on any atom is 0.257 e. The third kappa shape index (κ3) is 3.58. The van der Waals surface area contributed by atoms with Crippen molar-refractivity contribution in [3.63, 3.8) is 0 Å². The first-order chi connectivity index (χ1) is 13.0. The van der Waals surface area contributed by atoms with Crippen LogP contribution in [0.5, 0.6) is 5.75 Å². The molecule has 3 rings (SSSR count). The Kier molecular flexibility index (Phi) is 5.30. The van der Waals surface area contributed by atoms with E-state index in [1.165, 1.54) is 0 Å². The summed E-state index contributed by atoms with van der Waals surface area (Å²) in [5, 5.41) is 11.5. The molecule has 1 aromatic carbocycles. The Bertz CT molecular complexity index is 941. The summed E-state index contributed by atoms with van der Waals surface area (Å²) in [5.41, 5.74) is 4.03. The zero-order valence-electron chi connectivity index (χ0n) is 16.2. The fourth-order valence-electron chi connectivity index (χ4n) is 3.13. The van der Waals surface area contributed by atoms with Crippen molar-refractivity contribution in [2.75, 3.05) is 7.11 Å². The molecule has 1 unspecified atom stereocenters. The van der Waals surface area contributed by atoms with Crippen LogP contribution in [-0.2, 0) is 6.42 Å². The van der Waals surface area contributed by atoms with Gasteiger partial charge in [-0.2, -0.15) is 5.10 Å². The predicted octanol–water partition coefficient (Wildman–Crippen LogP) is 3.54. The summed E-state index contributed by atoms with van der Waals surface area (Å²) in [5.74, 6) is 1.14. The first-order valence-electron chi connectivity index (χ1n) is 8.91. The topological polar surface area (TPSA) is 82.2 Å². The lowest BCUT2D eigenvalue weighted by Crippen LogP contribution is -2.28. The molecule has 1 atom stereocenters. The Labute approximate surface area is 158 Å². The predicted molar refractivity (Wildman–Crippen MR) is 101 cm³/mol. The number of benzene rings is 1. The van der Waals surface area contributed by atoms with Gasteiger partial charge in [0.15, 0.2) is 0 Å². The molecule has 27 heavy (non-hydrogen) atoms. The van der Waals surface area contributed by atoms with Crippen LogP contribution in [0.25, 0.3) is 5.69 Å². The Balaban J connectivity index is 1.81. The van der Waals surface area contributed by atoms with E-state index in [1.54, 1.807) is 20.2 Å². The molecule has 0 spiro atoms. The third-order valence-electron chi connectivity index (χ3n) is 4.67. The van der Waals surface area contributed by atoms with Crippen LogP contribution in [0, 0.1) is 13.8 Å². The zero-order chi connectivity index (χ0) is 19.6. The number of carbonyl (C=O) groups excluding carboxylic acids is 1. The van der Waals surface area contributed by atoms with Crippen LogP contribution >= 0.6 is 0 Å². The standard InChI is InChI=1S/C20H24N4O3/c1-6-18-19(14(4)27-23-18)20(25)22-12(2)17-11-21-24(13(17)3)15-7-9-16(26-5)10-8-15/h7-12H,6H2,1-5H3,(H,22,25). The SMILES string of the molecule is CCc1noc(C)c1C(=O)NC(C)c1cnn(-c2ccc(OC)cc2)c1C. The van der Waals surface area contributed by atoms with Crippen molar-refractivity contribution in [3.8, 4) is 11.4 Å². The number of rotatable bonds is 6. The van der Waals surface area contributed by atoms with Gasteiger partial charge in [-0.1, -0.05) is 12.1 Å². The molecule has 3 aromatic rings. The molecule has 0 aliphatic rings. The van der Waals surface area contributed by atoms with E-state index in [9.17, 15) is 4.79 Å². The highest BCUT2D eigenvalue weighted by atomic mass is 16.5. The van der Waals surface area contributed by atoms with E-state index in [-0.39, 0.29) is 11.9 Å². The van der Waals surface area contributed by atoms with E-state index >= 15 is 0 Å². The molecule has 7 nitrogen and oxygen atoms in total. The van der Waals surface area contributed by atoms with Gasteiger partial charge in [0.2, 0.25) is 0 Å². The van der Waals surface area contributed by atoms with Gasteiger partial charge in [-0.25, -0.2) is 4.68 Å². The molecular formula is C20H24N4O3. The van der Waals surface area contributed by atoms with Gasteiger partial charge in [-0.05, 0) is 51.5 Å². The summed E-state index contributed by atoms with van der Waals surface area (Å²) in [4.78, 5) is 12.7. The fraction of sp³-hybridized carbons (Fsp3) is 0.350. The van der Waals surface area contributed by atoms with Crippen LogP contribution in [0.2, 0.25) is 0 Å². The molecule has 1 amide bonds. The van der Waals surface area contributed by atoms with Gasteiger partial charge >= 0.3 is 0 Å². The molecule has 2 heterocycles. The minimum atomic E-state index is -0.205. The second kappa shape index (κ2) is 7.65. The molecule has 1 N–H and O–H groups in total. The van der Waals surface area contributed by atoms with Crippen molar-refractivity contribution in [1.82, 2.24) is 20.3 Å². The van der Waals surface area contributed by atoms with E-state index in [4.69, 9.17) is 9.26 Å². The molecule has 0 saturated heterocycles. The molecule has 0 fully saturated rings. The second-order valence-corrected chi connectivity index (χ2v) is 6.40. The van der Waals surface area contributed by atoms with Crippen LogP contribution in [0.1, 0.15) is 53.0 Å². The Morgan fingerprint density at radius 3 is 2.63 bits per heavy atom. The number of hydrogen-bond acceptors (Lipinski definition) is 5. The van der Waals surface area contributed by atoms with E-state index in [0.717, 1.165) is 22.7 Å². The average Bonchev–Trinajstić information content (AvgIpc) is 3.24. The van der Waals surface area contributed by atoms with Crippen LogP contribution in [0.4, 0.5) is 0 Å². The quantitative estimate of drug-likeness (QED) is 0.720. The number of ether oxygens (including phenoxy) is 1. The monoisotopic (exact) mass is 368 g/mol. The van der Waals surface area contributed by atoms with Crippen molar-refractivity contribution in [2.24, 2.45) is 0 Å². The lowest BCUT2D eigenvalue weighted by Gasteiger charge is -2.14. The summed E-state index contributed by atoms with van der Waals surface area (Å²) >= 11 is 0. The smallest absolute Gasteiger partial charge is 0.257 e. The van der Waals surface area contributed by atoms with Crippen LogP contribution < -0.4 is 10.1 Å². The lowest BCUT2D eigenvalue weighted by molar-refractivity contribution is 0.0937. The maximum atomic E-state index is 12.7. The second-order valence-electron chi connectivity index (χ2n) is 6.40. The highest BCUT2D eigenvalue weighted by Crippen LogP contribution is 2.23. The van der Waals surface area contributed by atoms with Crippen molar-refractivity contribution in [3.05, 3.63) is 58.7 Å². The summed E-state index contributed by atoms with van der Waals surface area (Å²) in [7, 11) is 1.64. The highest BCUT2D eigenvalue weighted by molar-refractivity contribution is 5.96. The van der Waals surface area contributed by atoms with Gasteiger partial charge in [0, 0.05) is 11.3 Å². The number of amides is 1. The number of aromatic nitrogens is 3. The van der Waals surface area contributed by atoms with E-state index in [0.29, 0.717) is 23.4 Å². The number of aryl methyl sites for hydroxylation is 2. The summed E-state index contributed by atoms with van der Waals surface area (Å²) in [6, 6.07) is 7.47. The van der Waals surface area contributed by atoms with Gasteiger partial charge in [0.05, 0.1) is 30.7 Å². The Morgan fingerprint density at radius 1 is 1.30 bits per heavy atom. The van der Waals surface area contributed by atoms with Crippen molar-refractivity contribution < 1.29 is 14.1 Å². The summed E-state index contributed by atoms with van der Waals surface area (Å²) < 4.78 is 12.2. The molecule has 7 heteroatoms. The van der Waals surface area contributed by atoms with E-state index < -0.39 is 0 Å². The molecule has 0 radical (unpaired) electrons. The number of carbonyl (C=O) groups is 1. The number of nitrogens with zero attached hydrogens (tertiary/aromatic N) is 3.